The summed E-state index contributed by atoms with van der Waals surface area (Å²) in [6.45, 7) is 1.93. The molecule has 0 bridgehead atoms. The lowest BCUT2D eigenvalue weighted by atomic mass is 10.0. The van der Waals surface area contributed by atoms with Crippen LogP contribution in [0.4, 0.5) is 4.39 Å². The minimum absolute atomic E-state index is 0.148. The maximum absolute atomic E-state index is 12.9. The average molecular weight is 271 g/mol. The molecule has 0 fully saturated rings. The Bertz CT molecular complexity index is 527. The van der Waals surface area contributed by atoms with Crippen LogP contribution in [0.3, 0.4) is 0 Å². The summed E-state index contributed by atoms with van der Waals surface area (Å²) in [5, 5.41) is 0.419. The molecule has 1 aromatic heterocycles. The Morgan fingerprint density at radius 2 is 2.29 bits per heavy atom. The lowest BCUT2D eigenvalue weighted by Crippen LogP contribution is -2.13. The van der Waals surface area contributed by atoms with Gasteiger partial charge >= 0.3 is 0 Å². The minimum Gasteiger partial charge on any atom is -0.323 e. The molecule has 90 valence electrons. The molecule has 2 rings (SSSR count). The number of benzene rings is 1. The van der Waals surface area contributed by atoms with Crippen LogP contribution in [0.25, 0.3) is 0 Å². The van der Waals surface area contributed by atoms with Gasteiger partial charge in [-0.2, -0.15) is 0 Å². The van der Waals surface area contributed by atoms with Crippen molar-refractivity contribution in [2.45, 2.75) is 19.4 Å². The van der Waals surface area contributed by atoms with Gasteiger partial charge in [-0.3, -0.25) is 0 Å². The zero-order valence-electron chi connectivity index (χ0n) is 9.28. The van der Waals surface area contributed by atoms with E-state index in [4.69, 9.17) is 17.3 Å². The summed E-state index contributed by atoms with van der Waals surface area (Å²) in [6, 6.07) is 4.23. The molecule has 2 N–H and O–H groups in total. The van der Waals surface area contributed by atoms with Crippen LogP contribution in [0.5, 0.6) is 0 Å². The molecule has 0 aliphatic carbocycles. The molecular formula is C12H12ClFN2S. The second-order valence-corrected chi connectivity index (χ2v) is 5.14. The van der Waals surface area contributed by atoms with E-state index in [0.717, 1.165) is 16.1 Å². The number of hydrogen-bond donors (Lipinski definition) is 1. The number of hydrogen-bond acceptors (Lipinski definition) is 3. The summed E-state index contributed by atoms with van der Waals surface area (Å²) in [5.41, 5.74) is 9.67. The highest BCUT2D eigenvalue weighted by molar-refractivity contribution is 7.09. The first kappa shape index (κ1) is 12.5. The predicted molar refractivity (Wildman–Crippen MR) is 68.9 cm³/mol. The van der Waals surface area contributed by atoms with Gasteiger partial charge < -0.3 is 5.73 Å². The second-order valence-electron chi connectivity index (χ2n) is 3.85. The molecule has 1 atom stereocenters. The Morgan fingerprint density at radius 3 is 2.88 bits per heavy atom. The molecule has 1 aromatic carbocycles. The zero-order valence-corrected chi connectivity index (χ0v) is 10.9. The number of nitrogens with zero attached hydrogens (tertiary/aromatic N) is 1. The Kier molecular flexibility index (Phi) is 3.76. The highest BCUT2D eigenvalue weighted by Crippen LogP contribution is 2.26. The summed E-state index contributed by atoms with van der Waals surface area (Å²) >= 11 is 7.50. The van der Waals surface area contributed by atoms with Gasteiger partial charge in [-0.15, -0.1) is 11.3 Å². The van der Waals surface area contributed by atoms with Crippen molar-refractivity contribution in [1.82, 2.24) is 4.98 Å². The van der Waals surface area contributed by atoms with Crippen molar-refractivity contribution in [3.8, 4) is 0 Å². The highest BCUT2D eigenvalue weighted by atomic mass is 35.5. The first-order valence-corrected chi connectivity index (χ1v) is 6.43. The number of aryl methyl sites for hydroxylation is 1. The van der Waals surface area contributed by atoms with Crippen molar-refractivity contribution in [2.24, 2.45) is 5.73 Å². The molecule has 1 heterocycles. The van der Waals surface area contributed by atoms with E-state index in [1.54, 1.807) is 11.6 Å². The van der Waals surface area contributed by atoms with Crippen molar-refractivity contribution < 1.29 is 4.39 Å². The van der Waals surface area contributed by atoms with Gasteiger partial charge in [0.15, 0.2) is 0 Å². The first-order chi connectivity index (χ1) is 8.08. The van der Waals surface area contributed by atoms with E-state index in [2.05, 4.69) is 4.98 Å². The topological polar surface area (TPSA) is 38.9 Å². The third-order valence-corrected chi connectivity index (χ3v) is 3.99. The molecule has 1 unspecified atom stereocenters. The fourth-order valence-corrected chi connectivity index (χ4v) is 2.73. The minimum atomic E-state index is -0.332. The molecule has 0 radical (unpaired) electrons. The highest BCUT2D eigenvalue weighted by Gasteiger charge is 2.14. The van der Waals surface area contributed by atoms with Crippen LogP contribution in [0.2, 0.25) is 5.02 Å². The van der Waals surface area contributed by atoms with Gasteiger partial charge in [0.1, 0.15) is 5.82 Å². The summed E-state index contributed by atoms with van der Waals surface area (Å²) < 4.78 is 12.9. The van der Waals surface area contributed by atoms with Crippen LogP contribution in [-0.2, 0) is 6.42 Å². The molecule has 0 saturated carbocycles. The van der Waals surface area contributed by atoms with Gasteiger partial charge in [-0.05, 0) is 31.0 Å². The number of aromatic nitrogens is 1. The summed E-state index contributed by atoms with van der Waals surface area (Å²) in [7, 11) is 0. The van der Waals surface area contributed by atoms with Crippen LogP contribution in [-0.4, -0.2) is 4.98 Å². The quantitative estimate of drug-likeness (QED) is 0.927. The molecule has 17 heavy (non-hydrogen) atoms. The van der Waals surface area contributed by atoms with E-state index in [0.29, 0.717) is 11.4 Å². The fraction of sp³-hybridized carbons (Fsp3) is 0.250. The van der Waals surface area contributed by atoms with Gasteiger partial charge in [0.2, 0.25) is 0 Å². The van der Waals surface area contributed by atoms with E-state index in [9.17, 15) is 4.39 Å². The second kappa shape index (κ2) is 5.12. The monoisotopic (exact) mass is 270 g/mol. The van der Waals surface area contributed by atoms with Crippen molar-refractivity contribution in [3.05, 3.63) is 50.7 Å². The van der Waals surface area contributed by atoms with Crippen LogP contribution in [0.1, 0.15) is 22.2 Å². The summed E-state index contributed by atoms with van der Waals surface area (Å²) in [4.78, 5) is 5.21. The van der Waals surface area contributed by atoms with Gasteiger partial charge in [-0.25, -0.2) is 9.37 Å². The van der Waals surface area contributed by atoms with Gasteiger partial charge in [0.25, 0.3) is 0 Å². The van der Waals surface area contributed by atoms with Crippen LogP contribution in [0, 0.1) is 12.7 Å². The predicted octanol–water partition coefficient (Wildman–Crippen LogP) is 3.49. The molecule has 0 aliphatic heterocycles. The number of thiazole rings is 1. The molecule has 0 saturated heterocycles. The van der Waals surface area contributed by atoms with E-state index in [1.165, 1.54) is 23.5 Å². The maximum atomic E-state index is 12.9. The largest absolute Gasteiger partial charge is 0.323 e. The number of rotatable bonds is 3. The third-order valence-electron chi connectivity index (χ3n) is 2.57. The smallest absolute Gasteiger partial charge is 0.124 e. The normalized spacial score (nSPS) is 12.7. The molecule has 0 spiro atoms. The van der Waals surface area contributed by atoms with Gasteiger partial charge in [0, 0.05) is 15.9 Å². The van der Waals surface area contributed by atoms with Crippen molar-refractivity contribution in [1.29, 1.82) is 0 Å². The lowest BCUT2D eigenvalue weighted by molar-refractivity contribution is 0.626. The number of halogens is 2. The molecule has 2 aromatic rings. The Hall–Kier alpha value is -0.970. The fourth-order valence-electron chi connectivity index (χ4n) is 1.68. The van der Waals surface area contributed by atoms with Crippen molar-refractivity contribution in [2.75, 3.05) is 0 Å². The summed E-state index contributed by atoms with van der Waals surface area (Å²) in [6.07, 6.45) is 0.585. The molecular weight excluding hydrogens is 259 g/mol. The molecule has 0 aliphatic rings. The standard InChI is InChI=1S/C12H12ClFN2S/c1-7-12(17-6-16-7)11(15)4-8-2-3-9(14)5-10(8)13/h2-3,5-6,11H,4,15H2,1H3. The number of nitrogens with two attached hydrogens (primary N) is 1. The lowest BCUT2D eigenvalue weighted by Gasteiger charge is -2.11. The average Bonchev–Trinajstić information content (AvgIpc) is 2.68. The van der Waals surface area contributed by atoms with E-state index >= 15 is 0 Å². The molecule has 5 heteroatoms. The molecule has 2 nitrogen and oxygen atoms in total. The van der Waals surface area contributed by atoms with Crippen LogP contribution >= 0.6 is 22.9 Å². The van der Waals surface area contributed by atoms with Crippen molar-refractivity contribution >= 4 is 22.9 Å². The van der Waals surface area contributed by atoms with Crippen molar-refractivity contribution in [3.63, 3.8) is 0 Å². The third kappa shape index (κ3) is 2.83. The molecule has 0 amide bonds. The first-order valence-electron chi connectivity index (χ1n) is 5.17. The summed E-state index contributed by atoms with van der Waals surface area (Å²) in [5.74, 6) is -0.332. The van der Waals surface area contributed by atoms with Crippen LogP contribution < -0.4 is 5.73 Å². The zero-order chi connectivity index (χ0) is 12.4. The van der Waals surface area contributed by atoms with E-state index in [-0.39, 0.29) is 11.9 Å². The maximum Gasteiger partial charge on any atom is 0.124 e. The Morgan fingerprint density at radius 1 is 1.53 bits per heavy atom. The Balaban J connectivity index is 2.19. The van der Waals surface area contributed by atoms with E-state index < -0.39 is 0 Å². The van der Waals surface area contributed by atoms with E-state index in [1.807, 2.05) is 6.92 Å². The Labute approximate surface area is 108 Å². The van der Waals surface area contributed by atoms with Gasteiger partial charge in [0.05, 0.1) is 11.2 Å². The SMILES string of the molecule is Cc1ncsc1C(N)Cc1ccc(F)cc1Cl. The van der Waals surface area contributed by atoms with Crippen LogP contribution in [0.15, 0.2) is 23.7 Å². The van der Waals surface area contributed by atoms with Gasteiger partial charge in [-0.1, -0.05) is 17.7 Å².